The second kappa shape index (κ2) is 3.82. The lowest BCUT2D eigenvalue weighted by molar-refractivity contribution is -0.0741. The molecule has 0 aromatic rings. The Hall–Kier alpha value is 0.570. The maximum atomic E-state index is 8.72. The van der Waals surface area contributed by atoms with Gasteiger partial charge in [-0.1, -0.05) is 0 Å². The summed E-state index contributed by atoms with van der Waals surface area (Å²) in [7, 11) is 0. The number of nitrogens with two attached hydrogens (primary N) is 1. The van der Waals surface area contributed by atoms with Crippen LogP contribution in [0, 0.1) is 0 Å². The second-order valence-electron chi connectivity index (χ2n) is 2.31. The quantitative estimate of drug-likeness (QED) is 0.483. The fourth-order valence-electron chi connectivity index (χ4n) is 0.925. The smallest absolute Gasteiger partial charge is 0.119 e. The summed E-state index contributed by atoms with van der Waals surface area (Å²) in [5.74, 6) is 0. The molecule has 0 spiro atoms. The Morgan fingerprint density at radius 3 is 2.90 bits per heavy atom. The summed E-state index contributed by atoms with van der Waals surface area (Å²) in [6.45, 7) is 1.54. The van der Waals surface area contributed by atoms with Crippen LogP contribution < -0.4 is 5.73 Å². The van der Waals surface area contributed by atoms with Crippen LogP contribution in [0.5, 0.6) is 0 Å². The van der Waals surface area contributed by atoms with Crippen LogP contribution in [0.2, 0.25) is 0 Å². The molecule has 1 fully saturated rings. The van der Waals surface area contributed by atoms with Gasteiger partial charge in [-0.2, -0.15) is 0 Å². The Labute approximate surface area is 73.8 Å². The van der Waals surface area contributed by atoms with Crippen molar-refractivity contribution < 1.29 is 9.84 Å². The number of rotatable bonds is 1. The van der Waals surface area contributed by atoms with E-state index in [0.29, 0.717) is 0 Å². The Balaban J connectivity index is 2.35. The Morgan fingerprint density at radius 2 is 2.40 bits per heavy atom. The number of nitrogens with zero attached hydrogens (tertiary/aromatic N) is 1. The van der Waals surface area contributed by atoms with E-state index in [1.165, 1.54) is 0 Å². The molecule has 1 saturated heterocycles. The molecule has 0 saturated carbocycles. The minimum atomic E-state index is -0.247. The van der Waals surface area contributed by atoms with Crippen LogP contribution in [0.15, 0.2) is 0 Å². The van der Waals surface area contributed by atoms with Crippen molar-refractivity contribution in [1.29, 1.82) is 0 Å². The van der Waals surface area contributed by atoms with E-state index < -0.39 is 0 Å². The molecule has 10 heavy (non-hydrogen) atoms. The van der Waals surface area contributed by atoms with Gasteiger partial charge in [0.1, 0.15) is 6.23 Å². The highest BCUT2D eigenvalue weighted by molar-refractivity contribution is 14.1. The zero-order valence-electron chi connectivity index (χ0n) is 5.53. The van der Waals surface area contributed by atoms with Gasteiger partial charge in [0.15, 0.2) is 0 Å². The first-order valence-corrected chi connectivity index (χ1v) is 4.11. The summed E-state index contributed by atoms with van der Waals surface area (Å²) >= 11 is 2.17. The van der Waals surface area contributed by atoms with Gasteiger partial charge in [0.2, 0.25) is 0 Å². The normalized spacial score (nSPS) is 36.3. The third-order valence-corrected chi connectivity index (χ3v) is 2.14. The fraction of sp³-hybridized carbons (Fsp3) is 1.00. The number of morpholine rings is 1. The van der Waals surface area contributed by atoms with E-state index in [1.807, 2.05) is 3.11 Å². The number of aliphatic hydroxyl groups excluding tert-OH is 1. The largest absolute Gasteiger partial charge is 0.394 e. The molecule has 0 aliphatic carbocycles. The van der Waals surface area contributed by atoms with Gasteiger partial charge in [0, 0.05) is 36.0 Å². The van der Waals surface area contributed by atoms with Gasteiger partial charge < -0.3 is 15.6 Å². The van der Waals surface area contributed by atoms with Crippen molar-refractivity contribution in [2.45, 2.75) is 12.3 Å². The first-order chi connectivity index (χ1) is 4.72. The van der Waals surface area contributed by atoms with Crippen molar-refractivity contribution in [3.8, 4) is 0 Å². The molecule has 1 aliphatic rings. The summed E-state index contributed by atoms with van der Waals surface area (Å²) in [5, 5.41) is 8.72. The average Bonchev–Trinajstić information content (AvgIpc) is 1.85. The molecule has 1 rings (SSSR count). The van der Waals surface area contributed by atoms with Crippen LogP contribution in [0.1, 0.15) is 0 Å². The van der Waals surface area contributed by atoms with E-state index in [-0.39, 0.29) is 18.9 Å². The molecule has 2 atom stereocenters. The van der Waals surface area contributed by atoms with Gasteiger partial charge in [0.25, 0.3) is 0 Å². The van der Waals surface area contributed by atoms with Crippen LogP contribution >= 0.6 is 22.9 Å². The lowest BCUT2D eigenvalue weighted by Gasteiger charge is -2.31. The van der Waals surface area contributed by atoms with Crippen molar-refractivity contribution in [1.82, 2.24) is 3.11 Å². The van der Waals surface area contributed by atoms with Gasteiger partial charge in [-0.15, -0.1) is 0 Å². The lowest BCUT2D eigenvalue weighted by Crippen LogP contribution is -2.48. The number of ether oxygens (including phenoxy) is 1. The molecule has 0 amide bonds. The van der Waals surface area contributed by atoms with E-state index in [1.54, 1.807) is 0 Å². The van der Waals surface area contributed by atoms with Crippen molar-refractivity contribution in [3.05, 3.63) is 0 Å². The highest BCUT2D eigenvalue weighted by Crippen LogP contribution is 2.11. The number of aliphatic hydroxyl groups is 1. The van der Waals surface area contributed by atoms with Crippen LogP contribution in [0.4, 0.5) is 0 Å². The van der Waals surface area contributed by atoms with Crippen LogP contribution in [0.3, 0.4) is 0 Å². The summed E-state index contributed by atoms with van der Waals surface area (Å²) in [6, 6.07) is 0. The van der Waals surface area contributed by atoms with Gasteiger partial charge in [-0.25, -0.2) is 3.11 Å². The molecule has 0 aromatic carbocycles. The first-order valence-electron chi connectivity index (χ1n) is 3.15. The third kappa shape index (κ3) is 2.31. The van der Waals surface area contributed by atoms with Crippen molar-refractivity contribution in [2.24, 2.45) is 5.73 Å². The van der Waals surface area contributed by atoms with E-state index in [0.717, 1.165) is 13.1 Å². The molecule has 2 unspecified atom stereocenters. The fourth-order valence-corrected chi connectivity index (χ4v) is 1.75. The minimum absolute atomic E-state index is 0.0488. The van der Waals surface area contributed by atoms with E-state index in [4.69, 9.17) is 15.6 Å². The van der Waals surface area contributed by atoms with E-state index in [9.17, 15) is 0 Å². The highest BCUT2D eigenvalue weighted by Gasteiger charge is 2.22. The monoisotopic (exact) mass is 258 g/mol. The molecule has 0 radical (unpaired) electrons. The summed E-state index contributed by atoms with van der Waals surface area (Å²) in [5.41, 5.74) is 5.51. The summed E-state index contributed by atoms with van der Waals surface area (Å²) < 4.78 is 7.21. The molecule has 5 heteroatoms. The minimum Gasteiger partial charge on any atom is -0.394 e. The topological polar surface area (TPSA) is 58.7 Å². The Bertz CT molecular complexity index is 104. The van der Waals surface area contributed by atoms with Gasteiger partial charge >= 0.3 is 0 Å². The van der Waals surface area contributed by atoms with Crippen molar-refractivity contribution in [2.75, 3.05) is 19.7 Å². The second-order valence-corrected chi connectivity index (χ2v) is 3.67. The van der Waals surface area contributed by atoms with Crippen LogP contribution in [-0.4, -0.2) is 40.2 Å². The predicted molar refractivity (Wildman–Crippen MR) is 45.5 cm³/mol. The van der Waals surface area contributed by atoms with Crippen LogP contribution in [0.25, 0.3) is 0 Å². The van der Waals surface area contributed by atoms with Gasteiger partial charge in [0.05, 0.1) is 12.7 Å². The Morgan fingerprint density at radius 1 is 1.70 bits per heavy atom. The average molecular weight is 258 g/mol. The van der Waals surface area contributed by atoms with Gasteiger partial charge in [-0.3, -0.25) is 0 Å². The molecular formula is C5H11IN2O2. The molecule has 1 aliphatic heterocycles. The maximum Gasteiger partial charge on any atom is 0.119 e. The zero-order chi connectivity index (χ0) is 7.56. The third-order valence-electron chi connectivity index (χ3n) is 1.35. The van der Waals surface area contributed by atoms with Crippen molar-refractivity contribution >= 4 is 22.9 Å². The highest BCUT2D eigenvalue weighted by atomic mass is 127. The number of hydrogen-bond acceptors (Lipinski definition) is 4. The predicted octanol–water partition coefficient (Wildman–Crippen LogP) is -0.686. The van der Waals surface area contributed by atoms with Crippen LogP contribution in [-0.2, 0) is 4.74 Å². The molecule has 60 valence electrons. The van der Waals surface area contributed by atoms with Crippen molar-refractivity contribution in [3.63, 3.8) is 0 Å². The number of halogens is 1. The lowest BCUT2D eigenvalue weighted by atomic mass is 10.3. The number of hydrogen-bond donors (Lipinski definition) is 2. The summed E-state index contributed by atoms with van der Waals surface area (Å²) in [6.07, 6.45) is -0.358. The molecule has 1 heterocycles. The first kappa shape index (κ1) is 8.66. The molecule has 3 N–H and O–H groups in total. The standard InChI is InChI=1S/C5H11IN2O2/c6-8-1-4(3-9)10-5(7)2-8/h4-5,9H,1-3,7H2. The maximum absolute atomic E-state index is 8.72. The van der Waals surface area contributed by atoms with Gasteiger partial charge in [-0.05, 0) is 0 Å². The molecule has 4 nitrogen and oxygen atoms in total. The molecular weight excluding hydrogens is 247 g/mol. The zero-order valence-corrected chi connectivity index (χ0v) is 7.69. The summed E-state index contributed by atoms with van der Waals surface area (Å²) in [4.78, 5) is 0. The molecule has 0 aromatic heterocycles. The Kier molecular flexibility index (Phi) is 3.31. The van der Waals surface area contributed by atoms with E-state index in [2.05, 4.69) is 22.9 Å². The molecule has 0 bridgehead atoms. The van der Waals surface area contributed by atoms with E-state index >= 15 is 0 Å². The SMILES string of the molecule is NC1CN(I)CC(CO)O1.